The summed E-state index contributed by atoms with van der Waals surface area (Å²) in [7, 11) is -0.507. The molecular formula is C20H30BNO5. The van der Waals surface area contributed by atoms with Gasteiger partial charge < -0.3 is 18.8 Å². The van der Waals surface area contributed by atoms with Crippen LogP contribution in [0.15, 0.2) is 18.2 Å². The lowest BCUT2D eigenvalue weighted by molar-refractivity contribution is 0.00578. The Balaban J connectivity index is 1.97. The standard InChI is InChI=1S/C20H30BNO5/c1-18(2,3)25-17(23)22-11-12-24-13-14-15(9-8-10-16(14)22)21-26-19(4,5)20(6,7)27-21/h8-10H,11-13H2,1-7H3. The minimum absolute atomic E-state index is 0.375. The van der Waals surface area contributed by atoms with E-state index in [1.807, 2.05) is 66.7 Å². The summed E-state index contributed by atoms with van der Waals surface area (Å²) in [5, 5.41) is 0. The normalized spacial score (nSPS) is 21.6. The maximum atomic E-state index is 12.8. The minimum Gasteiger partial charge on any atom is -0.443 e. The van der Waals surface area contributed by atoms with Crippen LogP contribution in [0.5, 0.6) is 0 Å². The summed E-state index contributed by atoms with van der Waals surface area (Å²) < 4.78 is 23.8. The first kappa shape index (κ1) is 20.2. The average Bonchev–Trinajstić information content (AvgIpc) is 2.68. The topological polar surface area (TPSA) is 57.2 Å². The Morgan fingerprint density at radius 3 is 2.37 bits per heavy atom. The molecule has 2 aliphatic rings. The Kier molecular flexibility index (Phi) is 5.08. The lowest BCUT2D eigenvalue weighted by Gasteiger charge is -2.32. The molecule has 0 aromatic heterocycles. The van der Waals surface area contributed by atoms with Crippen LogP contribution < -0.4 is 10.4 Å². The SMILES string of the molecule is CC(C)(C)OC(=O)N1CCOCc2c(B3OC(C)(C)C(C)(C)O3)cccc21. The molecule has 0 aliphatic carbocycles. The molecule has 1 aromatic carbocycles. The predicted molar refractivity (Wildman–Crippen MR) is 105 cm³/mol. The smallest absolute Gasteiger partial charge is 0.443 e. The Morgan fingerprint density at radius 2 is 1.78 bits per heavy atom. The molecule has 148 valence electrons. The van der Waals surface area contributed by atoms with Crippen molar-refractivity contribution in [3.05, 3.63) is 23.8 Å². The zero-order valence-electron chi connectivity index (χ0n) is 17.4. The molecule has 7 heteroatoms. The number of fused-ring (bicyclic) bond motifs is 1. The number of amides is 1. The van der Waals surface area contributed by atoms with Gasteiger partial charge in [-0.05, 0) is 60.0 Å². The number of carbonyl (C=O) groups excluding carboxylic acids is 1. The van der Waals surface area contributed by atoms with E-state index in [9.17, 15) is 4.79 Å². The van der Waals surface area contributed by atoms with E-state index in [4.69, 9.17) is 18.8 Å². The van der Waals surface area contributed by atoms with Crippen LogP contribution in [0.1, 0.15) is 54.0 Å². The van der Waals surface area contributed by atoms with E-state index >= 15 is 0 Å². The second-order valence-corrected chi connectivity index (χ2v) is 9.12. The summed E-state index contributed by atoms with van der Waals surface area (Å²) in [5.41, 5.74) is 1.15. The summed E-state index contributed by atoms with van der Waals surface area (Å²) in [4.78, 5) is 14.4. The number of hydrogen-bond acceptors (Lipinski definition) is 5. The van der Waals surface area contributed by atoms with Crippen molar-refractivity contribution in [2.75, 3.05) is 18.1 Å². The molecule has 1 amide bonds. The van der Waals surface area contributed by atoms with E-state index in [1.165, 1.54) is 0 Å². The molecule has 0 bridgehead atoms. The molecule has 6 nitrogen and oxygen atoms in total. The maximum absolute atomic E-state index is 12.8. The quantitative estimate of drug-likeness (QED) is 0.706. The fourth-order valence-electron chi connectivity index (χ4n) is 3.15. The predicted octanol–water partition coefficient (Wildman–Crippen LogP) is 3.26. The van der Waals surface area contributed by atoms with E-state index in [0.29, 0.717) is 19.8 Å². The number of hydrogen-bond donors (Lipinski definition) is 0. The fourth-order valence-corrected chi connectivity index (χ4v) is 3.15. The number of anilines is 1. The molecule has 0 radical (unpaired) electrons. The van der Waals surface area contributed by atoms with Crippen LogP contribution in [0.4, 0.5) is 10.5 Å². The monoisotopic (exact) mass is 375 g/mol. The van der Waals surface area contributed by atoms with Crippen LogP contribution in [0.25, 0.3) is 0 Å². The van der Waals surface area contributed by atoms with Crippen LogP contribution in [0, 0.1) is 0 Å². The van der Waals surface area contributed by atoms with Gasteiger partial charge in [-0.25, -0.2) is 4.79 Å². The summed E-state index contributed by atoms with van der Waals surface area (Å²) in [6.07, 6.45) is -0.375. The van der Waals surface area contributed by atoms with Crippen LogP contribution >= 0.6 is 0 Å². The molecule has 1 saturated heterocycles. The molecule has 1 fully saturated rings. The van der Waals surface area contributed by atoms with Gasteiger partial charge in [0.25, 0.3) is 0 Å². The van der Waals surface area contributed by atoms with Gasteiger partial charge in [0.2, 0.25) is 0 Å². The van der Waals surface area contributed by atoms with Crippen molar-refractivity contribution in [3.63, 3.8) is 0 Å². The van der Waals surface area contributed by atoms with Gasteiger partial charge in [-0.15, -0.1) is 0 Å². The molecule has 0 unspecified atom stereocenters. The van der Waals surface area contributed by atoms with Crippen molar-refractivity contribution >= 4 is 24.4 Å². The molecule has 0 atom stereocenters. The number of nitrogens with zero attached hydrogens (tertiary/aromatic N) is 1. The first-order chi connectivity index (χ1) is 12.4. The first-order valence-electron chi connectivity index (χ1n) is 9.47. The van der Waals surface area contributed by atoms with Crippen LogP contribution in [-0.2, 0) is 25.4 Å². The molecule has 2 heterocycles. The highest BCUT2D eigenvalue weighted by atomic mass is 16.7. The van der Waals surface area contributed by atoms with Gasteiger partial charge in [0.1, 0.15) is 5.60 Å². The van der Waals surface area contributed by atoms with E-state index in [-0.39, 0.29) is 6.09 Å². The van der Waals surface area contributed by atoms with Crippen molar-refractivity contribution in [2.45, 2.75) is 71.9 Å². The fraction of sp³-hybridized carbons (Fsp3) is 0.650. The van der Waals surface area contributed by atoms with Gasteiger partial charge in [-0.2, -0.15) is 0 Å². The zero-order valence-corrected chi connectivity index (χ0v) is 17.4. The number of rotatable bonds is 1. The summed E-state index contributed by atoms with van der Waals surface area (Å²) in [6, 6.07) is 5.81. The van der Waals surface area contributed by atoms with Crippen molar-refractivity contribution in [1.82, 2.24) is 0 Å². The third-order valence-electron chi connectivity index (χ3n) is 5.31. The summed E-state index contributed by atoms with van der Waals surface area (Å²) in [6.45, 7) is 15.0. The zero-order chi connectivity index (χ0) is 20.0. The Bertz CT molecular complexity index is 710. The molecule has 0 spiro atoms. The number of ether oxygens (including phenoxy) is 2. The molecular weight excluding hydrogens is 345 g/mol. The van der Waals surface area contributed by atoms with Gasteiger partial charge in [0.15, 0.2) is 0 Å². The molecule has 0 saturated carbocycles. The third-order valence-corrected chi connectivity index (χ3v) is 5.31. The largest absolute Gasteiger partial charge is 0.495 e. The lowest BCUT2D eigenvalue weighted by atomic mass is 9.75. The Hall–Kier alpha value is -1.57. The molecule has 1 aromatic rings. The lowest BCUT2D eigenvalue weighted by Crippen LogP contribution is -2.41. The highest BCUT2D eigenvalue weighted by Crippen LogP contribution is 2.37. The molecule has 27 heavy (non-hydrogen) atoms. The number of carbonyl (C=O) groups is 1. The maximum Gasteiger partial charge on any atom is 0.495 e. The van der Waals surface area contributed by atoms with Gasteiger partial charge >= 0.3 is 13.2 Å². The second-order valence-electron chi connectivity index (χ2n) is 9.12. The minimum atomic E-state index is -0.562. The Morgan fingerprint density at radius 1 is 1.15 bits per heavy atom. The van der Waals surface area contributed by atoms with Gasteiger partial charge in [0, 0.05) is 5.56 Å². The van der Waals surface area contributed by atoms with Crippen molar-refractivity contribution < 1.29 is 23.6 Å². The van der Waals surface area contributed by atoms with Gasteiger partial charge in [0.05, 0.1) is 36.6 Å². The van der Waals surface area contributed by atoms with Crippen LogP contribution in [0.2, 0.25) is 0 Å². The van der Waals surface area contributed by atoms with E-state index in [0.717, 1.165) is 16.7 Å². The van der Waals surface area contributed by atoms with E-state index < -0.39 is 23.9 Å². The average molecular weight is 375 g/mol. The molecule has 0 N–H and O–H groups in total. The third kappa shape index (κ3) is 4.00. The Labute approximate surface area is 162 Å². The highest BCUT2D eigenvalue weighted by Gasteiger charge is 2.52. The summed E-state index contributed by atoms with van der Waals surface area (Å²) in [5.74, 6) is 0. The number of benzene rings is 1. The molecule has 3 rings (SSSR count). The second kappa shape index (κ2) is 6.80. The molecule has 2 aliphatic heterocycles. The van der Waals surface area contributed by atoms with Crippen molar-refractivity contribution in [3.8, 4) is 0 Å². The highest BCUT2D eigenvalue weighted by molar-refractivity contribution is 6.62. The van der Waals surface area contributed by atoms with Crippen LogP contribution in [-0.4, -0.2) is 43.2 Å². The van der Waals surface area contributed by atoms with E-state index in [2.05, 4.69) is 0 Å². The van der Waals surface area contributed by atoms with Gasteiger partial charge in [-0.1, -0.05) is 12.1 Å². The van der Waals surface area contributed by atoms with Gasteiger partial charge in [-0.3, -0.25) is 4.90 Å². The summed E-state index contributed by atoms with van der Waals surface area (Å²) >= 11 is 0. The first-order valence-corrected chi connectivity index (χ1v) is 9.47. The van der Waals surface area contributed by atoms with Crippen LogP contribution in [0.3, 0.4) is 0 Å². The van der Waals surface area contributed by atoms with Crippen molar-refractivity contribution in [2.24, 2.45) is 0 Å². The van der Waals surface area contributed by atoms with Crippen molar-refractivity contribution in [1.29, 1.82) is 0 Å². The van der Waals surface area contributed by atoms with E-state index in [1.54, 1.807) is 4.90 Å².